The standard InChI is InChI=1S/C22H23ClO3/c1-6-14-9-10-21(4)19(25)12(2)13(3)20(26)22(21,5)18(14)16-8-7-15(24)11-17(16)23/h6-9,11,18,24H,1,10H2,2-5H3. The lowest BCUT2D eigenvalue weighted by Gasteiger charge is -2.54. The molecule has 0 aromatic heterocycles. The van der Waals surface area contributed by atoms with E-state index in [0.717, 1.165) is 11.1 Å². The summed E-state index contributed by atoms with van der Waals surface area (Å²) in [4.78, 5) is 26.7. The fraction of sp³-hybridized carbons (Fsp3) is 0.364. The van der Waals surface area contributed by atoms with Gasteiger partial charge in [0.25, 0.3) is 0 Å². The van der Waals surface area contributed by atoms with Crippen LogP contribution in [0.2, 0.25) is 5.02 Å². The van der Waals surface area contributed by atoms with Gasteiger partial charge in [-0.25, -0.2) is 0 Å². The number of carbonyl (C=O) groups excluding carboxylic acids is 2. The average molecular weight is 371 g/mol. The van der Waals surface area contributed by atoms with E-state index in [4.69, 9.17) is 11.6 Å². The quantitative estimate of drug-likeness (QED) is 0.783. The van der Waals surface area contributed by atoms with Crippen LogP contribution in [0.15, 0.2) is 53.6 Å². The molecule has 3 nitrogen and oxygen atoms in total. The number of benzene rings is 1. The van der Waals surface area contributed by atoms with Crippen LogP contribution in [0.4, 0.5) is 0 Å². The summed E-state index contributed by atoms with van der Waals surface area (Å²) < 4.78 is 0. The van der Waals surface area contributed by atoms with E-state index in [1.807, 2.05) is 19.9 Å². The minimum absolute atomic E-state index is 0.0105. The molecule has 1 aromatic rings. The number of aromatic hydroxyl groups is 1. The van der Waals surface area contributed by atoms with E-state index in [2.05, 4.69) is 6.58 Å². The van der Waals surface area contributed by atoms with Crippen molar-refractivity contribution in [3.63, 3.8) is 0 Å². The molecule has 0 saturated carbocycles. The molecule has 26 heavy (non-hydrogen) atoms. The molecule has 0 spiro atoms. The summed E-state index contributed by atoms with van der Waals surface area (Å²) >= 11 is 6.44. The smallest absolute Gasteiger partial charge is 0.166 e. The fourth-order valence-electron chi connectivity index (χ4n) is 4.60. The maximum Gasteiger partial charge on any atom is 0.166 e. The first-order valence-corrected chi connectivity index (χ1v) is 9.05. The zero-order chi connectivity index (χ0) is 19.4. The minimum Gasteiger partial charge on any atom is -0.508 e. The zero-order valence-corrected chi connectivity index (χ0v) is 16.3. The van der Waals surface area contributed by atoms with Crippen LogP contribution in [0.3, 0.4) is 0 Å². The Morgan fingerprint density at radius 3 is 2.38 bits per heavy atom. The van der Waals surface area contributed by atoms with Crippen LogP contribution in [-0.4, -0.2) is 16.7 Å². The van der Waals surface area contributed by atoms with Crippen molar-refractivity contribution in [2.75, 3.05) is 0 Å². The first-order valence-electron chi connectivity index (χ1n) is 8.67. The molecule has 0 amide bonds. The summed E-state index contributed by atoms with van der Waals surface area (Å²) in [6, 6.07) is 4.76. The molecule has 136 valence electrons. The monoisotopic (exact) mass is 370 g/mol. The normalized spacial score (nSPS) is 31.6. The Balaban J connectivity index is 2.36. The van der Waals surface area contributed by atoms with Crippen LogP contribution in [0.25, 0.3) is 0 Å². The highest BCUT2D eigenvalue weighted by Gasteiger charge is 2.63. The summed E-state index contributed by atoms with van der Waals surface area (Å²) in [5.74, 6) is -0.369. The van der Waals surface area contributed by atoms with Gasteiger partial charge in [0.15, 0.2) is 11.6 Å². The molecule has 0 fully saturated rings. The van der Waals surface area contributed by atoms with Gasteiger partial charge in [-0.1, -0.05) is 50.2 Å². The molecule has 3 atom stereocenters. The van der Waals surface area contributed by atoms with E-state index < -0.39 is 16.7 Å². The largest absolute Gasteiger partial charge is 0.508 e. The van der Waals surface area contributed by atoms with Gasteiger partial charge in [-0.15, -0.1) is 0 Å². The Hall–Kier alpha value is -2.13. The van der Waals surface area contributed by atoms with Crippen LogP contribution in [0.1, 0.15) is 45.6 Å². The fourth-order valence-corrected chi connectivity index (χ4v) is 4.88. The van der Waals surface area contributed by atoms with Gasteiger partial charge in [-0.2, -0.15) is 0 Å². The second-order valence-corrected chi connectivity index (χ2v) is 8.10. The number of phenolic OH excluding ortho intramolecular Hbond substituents is 1. The van der Waals surface area contributed by atoms with Crippen molar-refractivity contribution in [2.45, 2.75) is 40.0 Å². The van der Waals surface area contributed by atoms with Gasteiger partial charge in [0.1, 0.15) is 5.75 Å². The molecule has 1 aromatic carbocycles. The van der Waals surface area contributed by atoms with Gasteiger partial charge < -0.3 is 5.11 Å². The number of allylic oxidation sites excluding steroid dienone is 5. The van der Waals surface area contributed by atoms with E-state index in [0.29, 0.717) is 22.6 Å². The maximum absolute atomic E-state index is 13.5. The third-order valence-electron chi connectivity index (χ3n) is 6.55. The second kappa shape index (κ2) is 5.95. The van der Waals surface area contributed by atoms with Crippen molar-refractivity contribution in [2.24, 2.45) is 10.8 Å². The minimum atomic E-state index is -0.980. The summed E-state index contributed by atoms with van der Waals surface area (Å²) in [7, 11) is 0. The van der Waals surface area contributed by atoms with Gasteiger partial charge in [0.2, 0.25) is 0 Å². The van der Waals surface area contributed by atoms with Crippen LogP contribution in [0, 0.1) is 10.8 Å². The van der Waals surface area contributed by atoms with E-state index in [9.17, 15) is 14.7 Å². The number of phenols is 1. The van der Waals surface area contributed by atoms with Gasteiger partial charge >= 0.3 is 0 Å². The molecule has 0 radical (unpaired) electrons. The van der Waals surface area contributed by atoms with Gasteiger partial charge in [0, 0.05) is 16.4 Å². The highest BCUT2D eigenvalue weighted by atomic mass is 35.5. The Labute approximate surface area is 159 Å². The van der Waals surface area contributed by atoms with E-state index in [-0.39, 0.29) is 17.3 Å². The summed E-state index contributed by atoms with van der Waals surface area (Å²) in [6.45, 7) is 11.1. The lowest BCUT2D eigenvalue weighted by Crippen LogP contribution is -2.57. The summed E-state index contributed by atoms with van der Waals surface area (Å²) in [6.07, 6.45) is 4.20. The third-order valence-corrected chi connectivity index (χ3v) is 6.88. The van der Waals surface area contributed by atoms with Gasteiger partial charge in [-0.3, -0.25) is 9.59 Å². The van der Waals surface area contributed by atoms with E-state index in [1.165, 1.54) is 6.07 Å². The predicted octanol–water partition coefficient (Wildman–Crippen LogP) is 5.15. The van der Waals surface area contributed by atoms with Crippen LogP contribution in [0.5, 0.6) is 5.75 Å². The number of hydrogen-bond donors (Lipinski definition) is 1. The third kappa shape index (κ3) is 2.20. The molecule has 0 saturated heterocycles. The molecule has 0 aliphatic heterocycles. The second-order valence-electron chi connectivity index (χ2n) is 7.69. The molecule has 2 aliphatic rings. The molecule has 1 N–H and O–H groups in total. The average Bonchev–Trinajstić information content (AvgIpc) is 2.61. The summed E-state index contributed by atoms with van der Waals surface area (Å²) in [5.41, 5.74) is 0.823. The molecule has 4 heteroatoms. The van der Waals surface area contributed by atoms with Crippen molar-refractivity contribution in [3.05, 3.63) is 64.2 Å². The van der Waals surface area contributed by atoms with Crippen molar-refractivity contribution in [1.82, 2.24) is 0 Å². The van der Waals surface area contributed by atoms with Crippen LogP contribution >= 0.6 is 11.6 Å². The SMILES string of the molecule is C=CC1=CCC2(C)C(=O)C(C)=C(C)C(=O)C2(C)C1c1ccc(O)cc1Cl. The molecular weight excluding hydrogens is 348 g/mol. The number of fused-ring (bicyclic) bond motifs is 1. The predicted molar refractivity (Wildman–Crippen MR) is 103 cm³/mol. The zero-order valence-electron chi connectivity index (χ0n) is 15.5. The topological polar surface area (TPSA) is 54.4 Å². The lowest BCUT2D eigenvalue weighted by atomic mass is 9.45. The molecule has 3 unspecified atom stereocenters. The van der Waals surface area contributed by atoms with Crippen molar-refractivity contribution in [1.29, 1.82) is 0 Å². The van der Waals surface area contributed by atoms with E-state index in [1.54, 1.807) is 32.1 Å². The number of hydrogen-bond acceptors (Lipinski definition) is 3. The number of ketones is 2. The summed E-state index contributed by atoms with van der Waals surface area (Å²) in [5, 5.41) is 10.1. The number of halogens is 1. The first-order chi connectivity index (χ1) is 12.1. The molecule has 3 rings (SSSR count). The van der Waals surface area contributed by atoms with Crippen molar-refractivity contribution in [3.8, 4) is 5.75 Å². The number of rotatable bonds is 2. The van der Waals surface area contributed by atoms with E-state index >= 15 is 0 Å². The van der Waals surface area contributed by atoms with Gasteiger partial charge in [-0.05, 0) is 54.7 Å². The molecule has 0 heterocycles. The van der Waals surface area contributed by atoms with Crippen LogP contribution < -0.4 is 0 Å². The van der Waals surface area contributed by atoms with Crippen molar-refractivity contribution >= 4 is 23.2 Å². The Morgan fingerprint density at radius 2 is 1.81 bits per heavy atom. The number of Topliss-reactive ketones (excluding diaryl/α,β-unsaturated/α-hetero) is 2. The Morgan fingerprint density at radius 1 is 1.19 bits per heavy atom. The maximum atomic E-state index is 13.5. The highest BCUT2D eigenvalue weighted by molar-refractivity contribution is 6.31. The Bertz CT molecular complexity index is 908. The molecule has 0 bridgehead atoms. The van der Waals surface area contributed by atoms with Crippen molar-refractivity contribution < 1.29 is 14.7 Å². The molecule has 2 aliphatic carbocycles. The molecular formula is C22H23ClO3. The highest BCUT2D eigenvalue weighted by Crippen LogP contribution is 2.62. The Kier molecular flexibility index (Phi) is 4.27. The number of carbonyl (C=O) groups is 2. The first kappa shape index (κ1) is 18.7. The van der Waals surface area contributed by atoms with Gasteiger partial charge in [0.05, 0.1) is 5.41 Å². The lowest BCUT2D eigenvalue weighted by molar-refractivity contribution is -0.147. The van der Waals surface area contributed by atoms with Crippen LogP contribution in [-0.2, 0) is 9.59 Å².